The van der Waals surface area contributed by atoms with Crippen LogP contribution < -0.4 is 16.2 Å². The van der Waals surface area contributed by atoms with Crippen molar-refractivity contribution in [1.82, 2.24) is 19.7 Å². The largest absolute Gasteiger partial charge is 0.342 e. The van der Waals surface area contributed by atoms with E-state index in [0.717, 1.165) is 10.2 Å². The molecule has 0 fully saturated rings. The smallest absolute Gasteiger partial charge is 0.294 e. The molecule has 216 valence electrons. The predicted octanol–water partition coefficient (Wildman–Crippen LogP) is 4.55. The number of aryl methyl sites for hydroxylation is 1. The van der Waals surface area contributed by atoms with Crippen LogP contribution in [0, 0.1) is 5.82 Å². The van der Waals surface area contributed by atoms with Crippen molar-refractivity contribution >= 4 is 34.8 Å². The van der Waals surface area contributed by atoms with Gasteiger partial charge >= 0.3 is 0 Å². The molecule has 2 N–H and O–H groups in total. The SMILES string of the molecule is CN(C)C(=O)C(=O)c1ccc(Nc2cc(-c3ccc(F)c(NC(=O)c4ccc(C(C)(C)C)cc4)c3)nn(C)c2=O)nc1. The van der Waals surface area contributed by atoms with E-state index in [1.165, 1.54) is 68.6 Å². The van der Waals surface area contributed by atoms with Crippen molar-refractivity contribution in [2.24, 2.45) is 7.05 Å². The van der Waals surface area contributed by atoms with Gasteiger partial charge in [0.1, 0.15) is 17.3 Å². The summed E-state index contributed by atoms with van der Waals surface area (Å²) in [5, 5.41) is 9.80. The van der Waals surface area contributed by atoms with Crippen LogP contribution >= 0.6 is 0 Å². The predicted molar refractivity (Wildman–Crippen MR) is 159 cm³/mol. The average Bonchev–Trinajstić information content (AvgIpc) is 2.95. The molecule has 42 heavy (non-hydrogen) atoms. The Labute approximate surface area is 242 Å². The Hall–Kier alpha value is -5.19. The maximum Gasteiger partial charge on any atom is 0.294 e. The zero-order chi connectivity index (χ0) is 30.8. The van der Waals surface area contributed by atoms with Crippen LogP contribution in [-0.4, -0.2) is 51.4 Å². The van der Waals surface area contributed by atoms with Crippen molar-refractivity contribution in [1.29, 1.82) is 0 Å². The minimum atomic E-state index is -0.706. The Kier molecular flexibility index (Phi) is 8.32. The lowest BCUT2D eigenvalue weighted by atomic mass is 9.87. The molecule has 2 amide bonds. The van der Waals surface area contributed by atoms with Gasteiger partial charge in [0, 0.05) is 44.0 Å². The summed E-state index contributed by atoms with van der Waals surface area (Å²) in [6.45, 7) is 6.22. The van der Waals surface area contributed by atoms with Gasteiger partial charge in [-0.3, -0.25) is 19.2 Å². The van der Waals surface area contributed by atoms with E-state index in [1.54, 1.807) is 12.1 Å². The van der Waals surface area contributed by atoms with Crippen molar-refractivity contribution < 1.29 is 18.8 Å². The van der Waals surface area contributed by atoms with Gasteiger partial charge in [-0.15, -0.1) is 0 Å². The average molecular weight is 571 g/mol. The van der Waals surface area contributed by atoms with E-state index in [0.29, 0.717) is 16.8 Å². The third-order valence-corrected chi connectivity index (χ3v) is 6.48. The van der Waals surface area contributed by atoms with Crippen LogP contribution in [0.25, 0.3) is 11.3 Å². The Bertz CT molecular complexity index is 1720. The first kappa shape index (κ1) is 29.8. The molecule has 0 saturated heterocycles. The van der Waals surface area contributed by atoms with E-state index in [-0.39, 0.29) is 28.2 Å². The van der Waals surface area contributed by atoms with Crippen LogP contribution in [0.15, 0.2) is 71.7 Å². The van der Waals surface area contributed by atoms with Gasteiger partial charge in [-0.1, -0.05) is 32.9 Å². The quantitative estimate of drug-likeness (QED) is 0.247. The van der Waals surface area contributed by atoms with Crippen molar-refractivity contribution in [3.05, 3.63) is 99.7 Å². The van der Waals surface area contributed by atoms with Gasteiger partial charge in [0.15, 0.2) is 0 Å². The molecule has 0 bridgehead atoms. The lowest BCUT2D eigenvalue weighted by molar-refractivity contribution is -0.124. The van der Waals surface area contributed by atoms with E-state index in [2.05, 4.69) is 41.5 Å². The number of ketones is 1. The van der Waals surface area contributed by atoms with Gasteiger partial charge in [-0.05, 0) is 59.5 Å². The number of nitrogens with zero attached hydrogens (tertiary/aromatic N) is 4. The lowest BCUT2D eigenvalue weighted by Gasteiger charge is -2.19. The zero-order valence-electron chi connectivity index (χ0n) is 24.2. The molecule has 2 aromatic heterocycles. The maximum atomic E-state index is 14.7. The van der Waals surface area contributed by atoms with Crippen LogP contribution in [-0.2, 0) is 17.3 Å². The monoisotopic (exact) mass is 570 g/mol. The summed E-state index contributed by atoms with van der Waals surface area (Å²) >= 11 is 0. The van der Waals surface area contributed by atoms with E-state index in [4.69, 9.17) is 0 Å². The third kappa shape index (κ3) is 6.57. The maximum absolute atomic E-state index is 14.7. The van der Waals surface area contributed by atoms with Crippen LogP contribution in [0.5, 0.6) is 0 Å². The number of halogens is 1. The highest BCUT2D eigenvalue weighted by Crippen LogP contribution is 2.26. The van der Waals surface area contributed by atoms with Crippen molar-refractivity contribution in [2.45, 2.75) is 26.2 Å². The number of carbonyl (C=O) groups is 3. The van der Waals surface area contributed by atoms with Gasteiger partial charge in [0.2, 0.25) is 0 Å². The fraction of sp³-hybridized carbons (Fsp3) is 0.226. The number of nitrogens with one attached hydrogen (secondary N) is 2. The molecule has 11 heteroatoms. The number of aromatic nitrogens is 3. The number of likely N-dealkylation sites (N-methyl/N-ethyl adjacent to an activating group) is 1. The molecular formula is C31H31FN6O4. The second-order valence-electron chi connectivity index (χ2n) is 10.9. The molecule has 2 heterocycles. The molecule has 0 saturated carbocycles. The van der Waals surface area contributed by atoms with Crippen molar-refractivity contribution in [3.8, 4) is 11.3 Å². The second kappa shape index (κ2) is 11.7. The molecule has 0 aliphatic heterocycles. The minimum absolute atomic E-state index is 0.0447. The number of pyridine rings is 1. The van der Waals surface area contributed by atoms with Crippen LogP contribution in [0.4, 0.5) is 21.6 Å². The summed E-state index contributed by atoms with van der Waals surface area (Å²) in [5.74, 6) is -2.24. The summed E-state index contributed by atoms with van der Waals surface area (Å²) < 4.78 is 15.8. The standard InChI is InChI=1S/C31H31FN6O4/c1-31(2,3)21-11-7-18(8-12-21)28(40)35-24-15-19(9-13-22(24)32)23-16-25(29(41)38(6)36-23)34-26-14-10-20(17-33-26)27(39)30(42)37(4)5/h7-17H,1-6H3,(H,33,34)(H,35,40). The molecule has 0 unspecified atom stereocenters. The normalized spacial score (nSPS) is 11.1. The molecule has 4 aromatic rings. The van der Waals surface area contributed by atoms with Crippen LogP contribution in [0.2, 0.25) is 0 Å². The fourth-order valence-corrected chi connectivity index (χ4v) is 4.00. The van der Waals surface area contributed by atoms with Gasteiger partial charge in [-0.25, -0.2) is 14.1 Å². The van der Waals surface area contributed by atoms with Gasteiger partial charge in [0.05, 0.1) is 11.4 Å². The number of benzene rings is 2. The van der Waals surface area contributed by atoms with Gasteiger partial charge in [-0.2, -0.15) is 5.10 Å². The summed E-state index contributed by atoms with van der Waals surface area (Å²) in [4.78, 5) is 55.2. The molecule has 0 radical (unpaired) electrons. The molecule has 0 aliphatic rings. The molecule has 2 aromatic carbocycles. The summed E-state index contributed by atoms with van der Waals surface area (Å²) in [6, 6.07) is 15.6. The Morgan fingerprint density at radius 1 is 0.905 bits per heavy atom. The summed E-state index contributed by atoms with van der Waals surface area (Å²) in [5.41, 5.74) is 1.87. The fourth-order valence-electron chi connectivity index (χ4n) is 4.00. The number of Topliss-reactive ketones (excluding diaryl/α,β-unsaturated/α-hetero) is 1. The molecule has 4 rings (SSSR count). The van der Waals surface area contributed by atoms with Gasteiger partial charge < -0.3 is 15.5 Å². The van der Waals surface area contributed by atoms with E-state index < -0.39 is 29.0 Å². The number of hydrogen-bond donors (Lipinski definition) is 2. The Morgan fingerprint density at radius 2 is 1.57 bits per heavy atom. The highest BCUT2D eigenvalue weighted by Gasteiger charge is 2.19. The zero-order valence-corrected chi connectivity index (χ0v) is 24.2. The van der Waals surface area contributed by atoms with Crippen LogP contribution in [0.3, 0.4) is 0 Å². The summed E-state index contributed by atoms with van der Waals surface area (Å²) in [6.07, 6.45) is 1.24. The molecule has 0 aliphatic carbocycles. The lowest BCUT2D eigenvalue weighted by Crippen LogP contribution is -2.29. The summed E-state index contributed by atoms with van der Waals surface area (Å²) in [7, 11) is 4.42. The van der Waals surface area contributed by atoms with E-state index in [9.17, 15) is 23.6 Å². The Morgan fingerprint density at radius 3 is 2.17 bits per heavy atom. The highest BCUT2D eigenvalue weighted by atomic mass is 19.1. The number of amides is 2. The number of rotatable bonds is 7. The molecule has 10 nitrogen and oxygen atoms in total. The molecule has 0 spiro atoms. The van der Waals surface area contributed by atoms with Crippen molar-refractivity contribution in [3.63, 3.8) is 0 Å². The Balaban J connectivity index is 1.58. The third-order valence-electron chi connectivity index (χ3n) is 6.48. The number of anilines is 3. The van der Waals surface area contributed by atoms with E-state index in [1.807, 2.05) is 12.1 Å². The number of carbonyl (C=O) groups excluding carboxylic acids is 3. The van der Waals surface area contributed by atoms with Gasteiger partial charge in [0.25, 0.3) is 23.2 Å². The highest BCUT2D eigenvalue weighted by molar-refractivity contribution is 6.42. The second-order valence-corrected chi connectivity index (χ2v) is 10.9. The number of hydrogen-bond acceptors (Lipinski definition) is 7. The topological polar surface area (TPSA) is 126 Å². The van der Waals surface area contributed by atoms with Crippen molar-refractivity contribution in [2.75, 3.05) is 24.7 Å². The van der Waals surface area contributed by atoms with Crippen LogP contribution in [0.1, 0.15) is 47.1 Å². The first-order chi connectivity index (χ1) is 19.7. The van der Waals surface area contributed by atoms with E-state index >= 15 is 0 Å². The molecular weight excluding hydrogens is 539 g/mol. The molecule has 0 atom stereocenters. The first-order valence-electron chi connectivity index (χ1n) is 13.0. The minimum Gasteiger partial charge on any atom is -0.342 e. The first-order valence-corrected chi connectivity index (χ1v) is 13.0.